The van der Waals surface area contributed by atoms with Crippen LogP contribution in [0.4, 0.5) is 0 Å². The normalized spacial score (nSPS) is 9.00. The summed E-state index contributed by atoms with van der Waals surface area (Å²) >= 11 is 3.19. The van der Waals surface area contributed by atoms with Crippen LogP contribution in [0.5, 0.6) is 5.75 Å². The van der Waals surface area contributed by atoms with Gasteiger partial charge in [0.05, 0.1) is 5.56 Å². The molecule has 0 bridgehead atoms. The molecule has 0 N–H and O–H groups in total. The van der Waals surface area contributed by atoms with Crippen LogP contribution in [0.1, 0.15) is 11.1 Å². The summed E-state index contributed by atoms with van der Waals surface area (Å²) in [6, 6.07) is 5.27. The highest BCUT2D eigenvalue weighted by molar-refractivity contribution is 9.10. The zero-order valence-corrected chi connectivity index (χ0v) is 8.46. The molecule has 0 aromatic heterocycles. The summed E-state index contributed by atoms with van der Waals surface area (Å²) in [6.07, 6.45) is 0. The number of carbonyl (C=O) groups is 1. The van der Waals surface area contributed by atoms with Crippen LogP contribution in [-0.2, 0) is 4.79 Å². The first-order valence-corrected chi connectivity index (χ1v) is 4.29. The zero-order valence-electron chi connectivity index (χ0n) is 6.87. The first kappa shape index (κ1) is 9.75. The lowest BCUT2D eigenvalue weighted by Gasteiger charge is -2.04. The lowest BCUT2D eigenvalue weighted by Crippen LogP contribution is -1.92. The predicted molar refractivity (Wildman–Crippen MR) is 50.3 cm³/mol. The molecule has 0 radical (unpaired) electrons. The van der Waals surface area contributed by atoms with Gasteiger partial charge < -0.3 is 4.74 Å². The van der Waals surface area contributed by atoms with Crippen LogP contribution in [0.2, 0.25) is 0 Å². The number of nitrogens with zero attached hydrogens (tertiary/aromatic N) is 1. The van der Waals surface area contributed by atoms with Gasteiger partial charge in [0.1, 0.15) is 11.8 Å². The summed E-state index contributed by atoms with van der Waals surface area (Å²) in [5.41, 5.74) is 1.28. The van der Waals surface area contributed by atoms with Gasteiger partial charge in [0.2, 0.25) is 0 Å². The van der Waals surface area contributed by atoms with Gasteiger partial charge in [0.15, 0.2) is 0 Å². The molecule has 0 saturated carbocycles. The second-order valence-electron chi connectivity index (χ2n) is 2.42. The maximum absolute atomic E-state index is 10.1. The third kappa shape index (κ3) is 2.07. The number of ether oxygens (including phenoxy) is 1. The molecule has 0 aliphatic carbocycles. The monoisotopic (exact) mass is 239 g/mol. The molecule has 66 valence electrons. The Hall–Kier alpha value is -1.34. The van der Waals surface area contributed by atoms with Gasteiger partial charge in [-0.15, -0.1) is 0 Å². The van der Waals surface area contributed by atoms with E-state index in [9.17, 15) is 4.79 Å². The number of aryl methyl sites for hydroxylation is 1. The highest BCUT2D eigenvalue weighted by atomic mass is 79.9. The van der Waals surface area contributed by atoms with Gasteiger partial charge in [0, 0.05) is 4.47 Å². The summed E-state index contributed by atoms with van der Waals surface area (Å²) in [5.74, 6) is 0.459. The molecule has 0 unspecified atom stereocenters. The van der Waals surface area contributed by atoms with Gasteiger partial charge in [0.25, 0.3) is 6.47 Å². The second-order valence-corrected chi connectivity index (χ2v) is 3.28. The Kier molecular flexibility index (Phi) is 3.04. The van der Waals surface area contributed by atoms with E-state index in [1.54, 1.807) is 19.1 Å². The van der Waals surface area contributed by atoms with E-state index in [-0.39, 0.29) is 0 Å². The van der Waals surface area contributed by atoms with Crippen molar-refractivity contribution in [3.05, 3.63) is 27.7 Å². The average Bonchev–Trinajstić information content (AvgIpc) is 2.11. The van der Waals surface area contributed by atoms with Crippen molar-refractivity contribution in [2.75, 3.05) is 0 Å². The lowest BCUT2D eigenvalue weighted by atomic mass is 10.1. The number of hydrogen-bond acceptors (Lipinski definition) is 3. The first-order valence-electron chi connectivity index (χ1n) is 3.49. The van der Waals surface area contributed by atoms with Crippen molar-refractivity contribution in [2.24, 2.45) is 0 Å². The van der Waals surface area contributed by atoms with Crippen LogP contribution in [0.15, 0.2) is 16.6 Å². The fraction of sp³-hybridized carbons (Fsp3) is 0.111. The molecule has 0 spiro atoms. The number of halogens is 1. The van der Waals surface area contributed by atoms with Crippen LogP contribution in [0.25, 0.3) is 0 Å². The standard InChI is InChI=1S/C9H6BrNO2/c1-6-2-7(4-11)8(10)3-9(6)13-5-12/h2-3,5H,1H3. The fourth-order valence-corrected chi connectivity index (χ4v) is 1.34. The summed E-state index contributed by atoms with van der Waals surface area (Å²) in [7, 11) is 0. The van der Waals surface area contributed by atoms with Gasteiger partial charge in [-0.05, 0) is 40.5 Å². The van der Waals surface area contributed by atoms with Crippen LogP contribution in [0.3, 0.4) is 0 Å². The number of benzene rings is 1. The highest BCUT2D eigenvalue weighted by Crippen LogP contribution is 2.26. The van der Waals surface area contributed by atoms with E-state index in [4.69, 9.17) is 10.00 Å². The van der Waals surface area contributed by atoms with Gasteiger partial charge in [-0.3, -0.25) is 4.79 Å². The molecule has 0 amide bonds. The van der Waals surface area contributed by atoms with Crippen LogP contribution in [0, 0.1) is 18.3 Å². The third-order valence-corrected chi connectivity index (χ3v) is 2.22. The van der Waals surface area contributed by atoms with E-state index < -0.39 is 0 Å². The highest BCUT2D eigenvalue weighted by Gasteiger charge is 2.05. The van der Waals surface area contributed by atoms with Crippen molar-refractivity contribution in [3.63, 3.8) is 0 Å². The molecule has 0 aliphatic rings. The first-order chi connectivity index (χ1) is 6.19. The minimum atomic E-state index is 0.362. The quantitative estimate of drug-likeness (QED) is 0.744. The minimum Gasteiger partial charge on any atom is -0.428 e. The molecule has 1 rings (SSSR count). The van der Waals surface area contributed by atoms with Gasteiger partial charge in [-0.2, -0.15) is 5.26 Å². The fourth-order valence-electron chi connectivity index (χ4n) is 0.928. The maximum atomic E-state index is 10.1. The minimum absolute atomic E-state index is 0.362. The molecule has 0 atom stereocenters. The molecule has 4 heteroatoms. The summed E-state index contributed by atoms with van der Waals surface area (Å²) in [6.45, 7) is 2.13. The smallest absolute Gasteiger partial charge is 0.298 e. The van der Waals surface area contributed by atoms with E-state index in [2.05, 4.69) is 15.9 Å². The van der Waals surface area contributed by atoms with Gasteiger partial charge in [-0.25, -0.2) is 0 Å². The van der Waals surface area contributed by atoms with Crippen LogP contribution in [-0.4, -0.2) is 6.47 Å². The topological polar surface area (TPSA) is 50.1 Å². The number of hydrogen-bond donors (Lipinski definition) is 0. The summed E-state index contributed by atoms with van der Waals surface area (Å²) < 4.78 is 5.32. The SMILES string of the molecule is Cc1cc(C#N)c(Br)cc1OC=O. The molecule has 13 heavy (non-hydrogen) atoms. The zero-order chi connectivity index (χ0) is 9.84. The third-order valence-electron chi connectivity index (χ3n) is 1.56. The van der Waals surface area contributed by atoms with E-state index >= 15 is 0 Å². The van der Waals surface area contributed by atoms with E-state index in [0.29, 0.717) is 22.3 Å². The van der Waals surface area contributed by atoms with Gasteiger partial charge in [-0.1, -0.05) is 0 Å². The van der Waals surface area contributed by atoms with E-state index in [1.165, 1.54) is 0 Å². The maximum Gasteiger partial charge on any atom is 0.298 e. The number of nitriles is 1. The van der Waals surface area contributed by atoms with Crippen LogP contribution >= 0.6 is 15.9 Å². The lowest BCUT2D eigenvalue weighted by molar-refractivity contribution is -0.120. The van der Waals surface area contributed by atoms with E-state index in [0.717, 1.165) is 5.56 Å². The van der Waals surface area contributed by atoms with Crippen LogP contribution < -0.4 is 4.74 Å². The Morgan fingerprint density at radius 3 is 2.85 bits per heavy atom. The Balaban J connectivity index is 3.21. The second kappa shape index (κ2) is 4.06. The number of rotatable bonds is 2. The molecule has 0 fully saturated rings. The average molecular weight is 240 g/mol. The Morgan fingerprint density at radius 2 is 2.31 bits per heavy atom. The van der Waals surface area contributed by atoms with Crippen molar-refractivity contribution in [1.29, 1.82) is 5.26 Å². The van der Waals surface area contributed by atoms with E-state index in [1.807, 2.05) is 6.07 Å². The predicted octanol–water partition coefficient (Wildman–Crippen LogP) is 2.16. The number of carbonyl (C=O) groups excluding carboxylic acids is 1. The molecule has 3 nitrogen and oxygen atoms in total. The largest absolute Gasteiger partial charge is 0.428 e. The van der Waals surface area contributed by atoms with Crippen molar-refractivity contribution >= 4 is 22.4 Å². The summed E-state index contributed by atoms with van der Waals surface area (Å²) in [4.78, 5) is 10.1. The molecular formula is C9H6BrNO2. The van der Waals surface area contributed by atoms with Crippen molar-refractivity contribution in [1.82, 2.24) is 0 Å². The Morgan fingerprint density at radius 1 is 1.62 bits per heavy atom. The Labute approximate surface area is 84.1 Å². The molecule has 0 saturated heterocycles. The van der Waals surface area contributed by atoms with Crippen molar-refractivity contribution in [2.45, 2.75) is 6.92 Å². The molecule has 0 aliphatic heterocycles. The molecular weight excluding hydrogens is 234 g/mol. The summed E-state index contributed by atoms with van der Waals surface area (Å²) in [5, 5.41) is 8.67. The van der Waals surface area contributed by atoms with Crippen molar-refractivity contribution in [3.8, 4) is 11.8 Å². The van der Waals surface area contributed by atoms with Crippen molar-refractivity contribution < 1.29 is 9.53 Å². The molecule has 1 aromatic rings. The molecule has 0 heterocycles. The Bertz CT molecular complexity index is 382. The van der Waals surface area contributed by atoms with Gasteiger partial charge >= 0.3 is 0 Å². The molecule has 1 aromatic carbocycles.